The number of nitrogens with zero attached hydrogens (tertiary/aromatic N) is 2. The predicted molar refractivity (Wildman–Crippen MR) is 82.4 cm³/mol. The highest BCUT2D eigenvalue weighted by molar-refractivity contribution is 7.18. The van der Waals surface area contributed by atoms with Crippen LogP contribution in [0.15, 0.2) is 24.3 Å². The fourth-order valence-corrected chi connectivity index (χ4v) is 3.34. The molecule has 0 atom stereocenters. The van der Waals surface area contributed by atoms with E-state index in [1.54, 1.807) is 12.1 Å². The molecule has 0 saturated heterocycles. The van der Waals surface area contributed by atoms with E-state index >= 15 is 0 Å². The summed E-state index contributed by atoms with van der Waals surface area (Å²) in [6.45, 7) is 0. The molecule has 1 heterocycles. The zero-order valence-corrected chi connectivity index (χ0v) is 12.7. The van der Waals surface area contributed by atoms with Gasteiger partial charge in [0.15, 0.2) is 0 Å². The molecule has 1 amide bonds. The molecule has 0 radical (unpaired) electrons. The molecule has 1 aromatic carbocycles. The van der Waals surface area contributed by atoms with Crippen molar-refractivity contribution < 1.29 is 9.90 Å². The zero-order chi connectivity index (χ0) is 14.9. The number of aliphatic hydroxyl groups is 1. The summed E-state index contributed by atoms with van der Waals surface area (Å²) in [4.78, 5) is 12.1. The first-order valence-electron chi connectivity index (χ1n) is 6.70. The van der Waals surface area contributed by atoms with E-state index in [-0.39, 0.29) is 0 Å². The fraction of sp³-hybridized carbons (Fsp3) is 0.357. The van der Waals surface area contributed by atoms with Gasteiger partial charge in [0.25, 0.3) is 5.91 Å². The normalized spacial score (nSPS) is 16.9. The van der Waals surface area contributed by atoms with Crippen LogP contribution < -0.4 is 5.32 Å². The van der Waals surface area contributed by atoms with Gasteiger partial charge in [-0.05, 0) is 37.8 Å². The summed E-state index contributed by atoms with van der Waals surface area (Å²) < 4.78 is 0. The van der Waals surface area contributed by atoms with Crippen molar-refractivity contribution in [1.29, 1.82) is 0 Å². The average Bonchev–Trinajstić information content (AvgIpc) is 3.09. The van der Waals surface area contributed by atoms with Crippen LogP contribution in [0.1, 0.15) is 25.7 Å². The molecule has 1 saturated carbocycles. The number of amides is 1. The van der Waals surface area contributed by atoms with Gasteiger partial charge in [0.05, 0.1) is 0 Å². The second-order valence-electron chi connectivity index (χ2n) is 5.12. The average molecular weight is 324 g/mol. The Morgan fingerprint density at radius 3 is 2.81 bits per heavy atom. The van der Waals surface area contributed by atoms with E-state index in [4.69, 9.17) is 11.6 Å². The molecule has 1 aliphatic rings. The molecule has 0 bridgehead atoms. The van der Waals surface area contributed by atoms with Crippen LogP contribution in [-0.2, 0) is 4.79 Å². The summed E-state index contributed by atoms with van der Waals surface area (Å²) >= 11 is 7.20. The molecule has 1 fully saturated rings. The Hall–Kier alpha value is -1.50. The monoisotopic (exact) mass is 323 g/mol. The van der Waals surface area contributed by atoms with Crippen LogP contribution in [0.25, 0.3) is 10.6 Å². The number of anilines is 1. The minimum atomic E-state index is -1.26. The zero-order valence-electron chi connectivity index (χ0n) is 11.2. The number of benzene rings is 1. The van der Waals surface area contributed by atoms with Crippen LogP contribution in [-0.4, -0.2) is 26.8 Å². The smallest absolute Gasteiger partial charge is 0.258 e. The number of aromatic nitrogens is 2. The second-order valence-corrected chi connectivity index (χ2v) is 6.53. The lowest BCUT2D eigenvalue weighted by Crippen LogP contribution is -2.40. The van der Waals surface area contributed by atoms with Crippen molar-refractivity contribution in [3.05, 3.63) is 29.3 Å². The Kier molecular flexibility index (Phi) is 3.93. The molecule has 2 aromatic rings. The number of nitrogens with one attached hydrogen (secondary N) is 1. The summed E-state index contributed by atoms with van der Waals surface area (Å²) in [6.07, 6.45) is 2.74. The first-order valence-corrected chi connectivity index (χ1v) is 7.90. The molecular formula is C14H14ClN3O2S. The Balaban J connectivity index is 1.75. The first-order chi connectivity index (χ1) is 10.1. The van der Waals surface area contributed by atoms with E-state index in [0.717, 1.165) is 18.4 Å². The lowest BCUT2D eigenvalue weighted by atomic mass is 10.0. The summed E-state index contributed by atoms with van der Waals surface area (Å²) in [5, 5.41) is 22.5. The highest BCUT2D eigenvalue weighted by Gasteiger charge is 2.39. The molecule has 3 rings (SSSR count). The van der Waals surface area contributed by atoms with E-state index in [2.05, 4.69) is 15.5 Å². The lowest BCUT2D eigenvalue weighted by molar-refractivity contribution is -0.133. The van der Waals surface area contributed by atoms with Crippen LogP contribution in [0.3, 0.4) is 0 Å². The molecular weight excluding hydrogens is 310 g/mol. The van der Waals surface area contributed by atoms with E-state index < -0.39 is 11.5 Å². The lowest BCUT2D eigenvalue weighted by Gasteiger charge is -2.19. The Bertz CT molecular complexity index is 668. The minimum absolute atomic E-state index is 0.385. The van der Waals surface area contributed by atoms with Crippen LogP contribution in [0, 0.1) is 0 Å². The Morgan fingerprint density at radius 2 is 2.10 bits per heavy atom. The van der Waals surface area contributed by atoms with Gasteiger partial charge in [-0.2, -0.15) is 0 Å². The van der Waals surface area contributed by atoms with Crippen molar-refractivity contribution in [2.75, 3.05) is 5.32 Å². The third kappa shape index (κ3) is 3.07. The van der Waals surface area contributed by atoms with Crippen molar-refractivity contribution in [3.8, 4) is 10.6 Å². The maximum absolute atomic E-state index is 12.1. The molecule has 7 heteroatoms. The highest BCUT2D eigenvalue weighted by Crippen LogP contribution is 2.32. The van der Waals surface area contributed by atoms with Gasteiger partial charge < -0.3 is 5.11 Å². The number of carbonyl (C=O) groups excluding carboxylic acids is 1. The van der Waals surface area contributed by atoms with Gasteiger partial charge in [-0.3, -0.25) is 10.1 Å². The van der Waals surface area contributed by atoms with Gasteiger partial charge in [0.1, 0.15) is 10.6 Å². The molecule has 1 aliphatic carbocycles. The van der Waals surface area contributed by atoms with Gasteiger partial charge in [-0.1, -0.05) is 35.1 Å². The van der Waals surface area contributed by atoms with Gasteiger partial charge in [-0.15, -0.1) is 10.2 Å². The quantitative estimate of drug-likeness (QED) is 0.910. The number of hydrogen-bond acceptors (Lipinski definition) is 5. The van der Waals surface area contributed by atoms with Crippen molar-refractivity contribution >= 4 is 34.0 Å². The third-order valence-electron chi connectivity index (χ3n) is 3.57. The van der Waals surface area contributed by atoms with Crippen molar-refractivity contribution in [1.82, 2.24) is 10.2 Å². The number of hydrogen-bond donors (Lipinski definition) is 2. The standard InChI is InChI=1S/C14H14ClN3O2S/c15-10-5-3-4-9(8-10)11-17-18-13(21-11)16-12(19)14(20)6-1-2-7-14/h3-5,8,20H,1-2,6-7H2,(H,16,18,19). The molecule has 5 nitrogen and oxygen atoms in total. The summed E-state index contributed by atoms with van der Waals surface area (Å²) in [7, 11) is 0. The van der Waals surface area contributed by atoms with Crippen molar-refractivity contribution in [3.63, 3.8) is 0 Å². The number of rotatable bonds is 3. The SMILES string of the molecule is O=C(Nc1nnc(-c2cccc(Cl)c2)s1)C1(O)CCCC1. The molecule has 1 aromatic heterocycles. The van der Waals surface area contributed by atoms with Gasteiger partial charge in [0, 0.05) is 10.6 Å². The van der Waals surface area contributed by atoms with Gasteiger partial charge >= 0.3 is 0 Å². The topological polar surface area (TPSA) is 75.1 Å². The molecule has 0 spiro atoms. The highest BCUT2D eigenvalue weighted by atomic mass is 35.5. The van der Waals surface area contributed by atoms with E-state index in [1.807, 2.05) is 12.1 Å². The van der Waals surface area contributed by atoms with E-state index in [9.17, 15) is 9.90 Å². The number of carbonyl (C=O) groups is 1. The summed E-state index contributed by atoms with van der Waals surface area (Å²) in [5.41, 5.74) is -0.415. The van der Waals surface area contributed by atoms with Gasteiger partial charge in [0.2, 0.25) is 5.13 Å². The third-order valence-corrected chi connectivity index (χ3v) is 4.69. The maximum atomic E-state index is 12.1. The van der Waals surface area contributed by atoms with Crippen LogP contribution in [0.2, 0.25) is 5.02 Å². The summed E-state index contributed by atoms with van der Waals surface area (Å²) in [5.74, 6) is -0.395. The van der Waals surface area contributed by atoms with Crippen LogP contribution in [0.4, 0.5) is 5.13 Å². The summed E-state index contributed by atoms with van der Waals surface area (Å²) in [6, 6.07) is 7.28. The predicted octanol–water partition coefficient (Wildman–Crippen LogP) is 3.10. The second kappa shape index (κ2) is 5.71. The Morgan fingerprint density at radius 1 is 1.33 bits per heavy atom. The molecule has 21 heavy (non-hydrogen) atoms. The number of halogens is 1. The minimum Gasteiger partial charge on any atom is -0.380 e. The van der Waals surface area contributed by atoms with Gasteiger partial charge in [-0.25, -0.2) is 0 Å². The van der Waals surface area contributed by atoms with Crippen LogP contribution >= 0.6 is 22.9 Å². The van der Waals surface area contributed by atoms with E-state index in [1.165, 1.54) is 11.3 Å². The van der Waals surface area contributed by atoms with Crippen LogP contribution in [0.5, 0.6) is 0 Å². The fourth-order valence-electron chi connectivity index (χ4n) is 2.41. The molecule has 2 N–H and O–H groups in total. The molecule has 110 valence electrons. The van der Waals surface area contributed by atoms with Crippen molar-refractivity contribution in [2.45, 2.75) is 31.3 Å². The van der Waals surface area contributed by atoms with E-state index in [0.29, 0.717) is 28.0 Å². The molecule has 0 aliphatic heterocycles. The maximum Gasteiger partial charge on any atom is 0.258 e. The van der Waals surface area contributed by atoms with Crippen molar-refractivity contribution in [2.24, 2.45) is 0 Å². The first kappa shape index (κ1) is 14.4. The largest absolute Gasteiger partial charge is 0.380 e. The Labute approximate surface area is 131 Å². The molecule has 0 unspecified atom stereocenters.